The number of nitrogens with zero attached hydrogens (tertiary/aromatic N) is 2. The molecule has 0 bridgehead atoms. The van der Waals surface area contributed by atoms with E-state index in [2.05, 4.69) is 25.9 Å². The Morgan fingerprint density at radius 2 is 1.89 bits per heavy atom. The molecule has 4 aromatic rings. The first-order valence-electron chi connectivity index (χ1n) is 8.27. The maximum absolute atomic E-state index is 6.09. The Kier molecular flexibility index (Phi) is 5.40. The Balaban J connectivity index is 1.62. The zero-order valence-corrected chi connectivity index (χ0v) is 17.7. The van der Waals surface area contributed by atoms with Gasteiger partial charge in [0.25, 0.3) is 0 Å². The largest absolute Gasteiger partial charge is 0.496 e. The van der Waals surface area contributed by atoms with Crippen LogP contribution in [0.5, 0.6) is 5.75 Å². The number of hydrogen-bond acceptors (Lipinski definition) is 4. The minimum atomic E-state index is 0.456. The van der Waals surface area contributed by atoms with Crippen LogP contribution < -0.4 is 4.74 Å². The Bertz CT molecular complexity index is 1200. The fourth-order valence-corrected chi connectivity index (χ4v) is 3.52. The zero-order valence-electron chi connectivity index (χ0n) is 14.6. The molecule has 0 aliphatic heterocycles. The third-order valence-corrected chi connectivity index (χ3v) is 5.43. The fraction of sp³-hybridized carbons (Fsp3) is 0.0476. The minimum Gasteiger partial charge on any atom is -0.496 e. The second kappa shape index (κ2) is 7.95. The SMILES string of the molecule is COc1ccc(C=Nc2ccc3oc(-c4ccc(Cl)c(Cl)c4)nc3c2)cc1Br. The fourth-order valence-electron chi connectivity index (χ4n) is 2.66. The smallest absolute Gasteiger partial charge is 0.227 e. The maximum Gasteiger partial charge on any atom is 0.227 e. The molecule has 7 heteroatoms. The summed E-state index contributed by atoms with van der Waals surface area (Å²) in [7, 11) is 1.63. The first-order chi connectivity index (χ1) is 13.5. The molecule has 4 rings (SSSR count). The van der Waals surface area contributed by atoms with Gasteiger partial charge in [-0.25, -0.2) is 4.98 Å². The van der Waals surface area contributed by atoms with E-state index in [0.717, 1.165) is 27.0 Å². The number of oxazole rings is 1. The van der Waals surface area contributed by atoms with E-state index in [1.54, 1.807) is 25.5 Å². The van der Waals surface area contributed by atoms with Gasteiger partial charge in [0, 0.05) is 11.8 Å². The Morgan fingerprint density at radius 3 is 2.64 bits per heavy atom. The predicted molar refractivity (Wildman–Crippen MR) is 117 cm³/mol. The molecular weight excluding hydrogens is 463 g/mol. The van der Waals surface area contributed by atoms with Crippen LogP contribution in [-0.2, 0) is 0 Å². The summed E-state index contributed by atoms with van der Waals surface area (Å²) in [4.78, 5) is 9.06. The third kappa shape index (κ3) is 3.92. The standard InChI is InChI=1S/C21H13BrCl2N2O2/c1-27-19-6-2-12(8-15(19)22)11-25-14-4-7-20-18(10-14)26-21(28-20)13-3-5-16(23)17(24)9-13/h2-11H,1H3. The van der Waals surface area contributed by atoms with Crippen molar-refractivity contribution >= 4 is 62.1 Å². The number of fused-ring (bicyclic) bond motifs is 1. The van der Waals surface area contributed by atoms with Gasteiger partial charge in [0.2, 0.25) is 5.89 Å². The van der Waals surface area contributed by atoms with Crippen LogP contribution in [0.1, 0.15) is 5.56 Å². The van der Waals surface area contributed by atoms with E-state index < -0.39 is 0 Å². The summed E-state index contributed by atoms with van der Waals surface area (Å²) >= 11 is 15.5. The van der Waals surface area contributed by atoms with Crippen LogP contribution in [-0.4, -0.2) is 18.3 Å². The van der Waals surface area contributed by atoms with Crippen LogP contribution in [0.4, 0.5) is 5.69 Å². The molecule has 0 aliphatic carbocycles. The molecule has 0 fully saturated rings. The summed E-state index contributed by atoms with van der Waals surface area (Å²) in [5.74, 6) is 1.25. The lowest BCUT2D eigenvalue weighted by Crippen LogP contribution is -1.86. The van der Waals surface area contributed by atoms with Crippen LogP contribution in [0.3, 0.4) is 0 Å². The van der Waals surface area contributed by atoms with Gasteiger partial charge < -0.3 is 9.15 Å². The maximum atomic E-state index is 6.09. The predicted octanol–water partition coefficient (Wildman–Crippen LogP) is 7.32. The lowest BCUT2D eigenvalue weighted by Gasteiger charge is -2.03. The second-order valence-electron chi connectivity index (χ2n) is 5.95. The van der Waals surface area contributed by atoms with Gasteiger partial charge in [0.15, 0.2) is 5.58 Å². The van der Waals surface area contributed by atoms with Crippen molar-refractivity contribution in [3.05, 3.63) is 74.7 Å². The van der Waals surface area contributed by atoms with E-state index in [9.17, 15) is 0 Å². The van der Waals surface area contributed by atoms with E-state index >= 15 is 0 Å². The van der Waals surface area contributed by atoms with Crippen molar-refractivity contribution < 1.29 is 9.15 Å². The molecule has 0 atom stereocenters. The Hall–Kier alpha value is -2.34. The van der Waals surface area contributed by atoms with E-state index in [1.807, 2.05) is 42.5 Å². The lowest BCUT2D eigenvalue weighted by atomic mass is 10.2. The molecule has 0 radical (unpaired) electrons. The third-order valence-electron chi connectivity index (χ3n) is 4.08. The number of methoxy groups -OCH3 is 1. The van der Waals surface area contributed by atoms with Crippen molar-refractivity contribution in [2.45, 2.75) is 0 Å². The van der Waals surface area contributed by atoms with Gasteiger partial charge in [0.05, 0.1) is 27.3 Å². The van der Waals surface area contributed by atoms with Crippen molar-refractivity contribution in [2.75, 3.05) is 7.11 Å². The number of halogens is 3. The van der Waals surface area contributed by atoms with Crippen LogP contribution in [0, 0.1) is 0 Å². The van der Waals surface area contributed by atoms with Gasteiger partial charge in [-0.05, 0) is 76.1 Å². The molecule has 0 saturated carbocycles. The van der Waals surface area contributed by atoms with Crippen LogP contribution in [0.2, 0.25) is 10.0 Å². The van der Waals surface area contributed by atoms with Crippen molar-refractivity contribution in [3.63, 3.8) is 0 Å². The van der Waals surface area contributed by atoms with E-state index in [-0.39, 0.29) is 0 Å². The molecule has 0 saturated heterocycles. The molecule has 4 nitrogen and oxygen atoms in total. The number of aliphatic imine (C=N–C) groups is 1. The van der Waals surface area contributed by atoms with Crippen LogP contribution >= 0.6 is 39.1 Å². The molecular formula is C21H13BrCl2N2O2. The van der Waals surface area contributed by atoms with Gasteiger partial charge in [-0.15, -0.1) is 0 Å². The topological polar surface area (TPSA) is 47.6 Å². The number of hydrogen-bond donors (Lipinski definition) is 0. The molecule has 0 N–H and O–H groups in total. The summed E-state index contributed by atoms with van der Waals surface area (Å²) < 4.78 is 11.9. The monoisotopic (exact) mass is 474 g/mol. The Labute approximate surface area is 179 Å². The quantitative estimate of drug-likeness (QED) is 0.290. The molecule has 1 aromatic heterocycles. The first-order valence-corrected chi connectivity index (χ1v) is 9.82. The molecule has 28 heavy (non-hydrogen) atoms. The normalized spacial score (nSPS) is 11.4. The lowest BCUT2D eigenvalue weighted by molar-refractivity contribution is 0.412. The average molecular weight is 476 g/mol. The van der Waals surface area contributed by atoms with Gasteiger partial charge in [0.1, 0.15) is 11.3 Å². The summed E-state index contributed by atoms with van der Waals surface area (Å²) in [6.45, 7) is 0. The van der Waals surface area contributed by atoms with Crippen molar-refractivity contribution in [1.82, 2.24) is 4.98 Å². The Morgan fingerprint density at radius 1 is 1.04 bits per heavy atom. The number of rotatable bonds is 4. The number of ether oxygens (including phenoxy) is 1. The highest BCUT2D eigenvalue weighted by Crippen LogP contribution is 2.31. The summed E-state index contributed by atoms with van der Waals surface area (Å²) in [6.07, 6.45) is 1.78. The van der Waals surface area contributed by atoms with Gasteiger partial charge >= 0.3 is 0 Å². The summed E-state index contributed by atoms with van der Waals surface area (Å²) in [5, 5.41) is 0.945. The van der Waals surface area contributed by atoms with Crippen molar-refractivity contribution in [1.29, 1.82) is 0 Å². The van der Waals surface area contributed by atoms with Gasteiger partial charge in [-0.2, -0.15) is 0 Å². The second-order valence-corrected chi connectivity index (χ2v) is 7.62. The highest BCUT2D eigenvalue weighted by Gasteiger charge is 2.10. The van der Waals surface area contributed by atoms with Gasteiger partial charge in [-0.1, -0.05) is 23.2 Å². The number of benzene rings is 3. The average Bonchev–Trinajstić information content (AvgIpc) is 3.12. The summed E-state index contributed by atoms with van der Waals surface area (Å²) in [6, 6.07) is 16.6. The molecule has 0 amide bonds. The first kappa shape index (κ1) is 19.0. The molecule has 1 heterocycles. The molecule has 0 unspecified atom stereocenters. The number of aromatic nitrogens is 1. The zero-order chi connectivity index (χ0) is 19.7. The molecule has 140 valence electrons. The van der Waals surface area contributed by atoms with E-state index in [1.165, 1.54) is 0 Å². The van der Waals surface area contributed by atoms with Crippen LogP contribution in [0.25, 0.3) is 22.6 Å². The van der Waals surface area contributed by atoms with Gasteiger partial charge in [-0.3, -0.25) is 4.99 Å². The molecule has 0 aliphatic rings. The highest BCUT2D eigenvalue weighted by atomic mass is 79.9. The van der Waals surface area contributed by atoms with Crippen molar-refractivity contribution in [2.24, 2.45) is 4.99 Å². The van der Waals surface area contributed by atoms with E-state index in [0.29, 0.717) is 27.0 Å². The molecule has 3 aromatic carbocycles. The molecule has 0 spiro atoms. The van der Waals surface area contributed by atoms with Crippen molar-refractivity contribution in [3.8, 4) is 17.2 Å². The minimum absolute atomic E-state index is 0.456. The van der Waals surface area contributed by atoms with Crippen LogP contribution in [0.15, 0.2) is 68.5 Å². The highest BCUT2D eigenvalue weighted by molar-refractivity contribution is 9.10. The summed E-state index contributed by atoms with van der Waals surface area (Å²) in [5.41, 5.74) is 3.87. The van der Waals surface area contributed by atoms with E-state index in [4.69, 9.17) is 32.4 Å².